The molecule has 0 saturated carbocycles. The highest BCUT2D eigenvalue weighted by Crippen LogP contribution is 2.38. The molecule has 0 aliphatic carbocycles. The van der Waals surface area contributed by atoms with Crippen LogP contribution in [0.5, 0.6) is 11.5 Å². The van der Waals surface area contributed by atoms with Crippen LogP contribution in [0.2, 0.25) is 5.02 Å². The molecule has 4 rings (SSSR count). The van der Waals surface area contributed by atoms with Crippen LogP contribution in [-0.4, -0.2) is 22.7 Å². The number of benzene rings is 3. The number of hydrogen-bond donors (Lipinski definition) is 0. The van der Waals surface area contributed by atoms with Crippen molar-refractivity contribution in [3.63, 3.8) is 0 Å². The van der Waals surface area contributed by atoms with E-state index in [1.165, 1.54) is 12.1 Å². The monoisotopic (exact) mass is 537 g/mol. The number of carbonyl (C=O) groups is 2. The summed E-state index contributed by atoms with van der Waals surface area (Å²) in [6.45, 7) is 6.55. The number of rotatable bonds is 10. The van der Waals surface area contributed by atoms with Crippen molar-refractivity contribution in [2.24, 2.45) is 0 Å². The van der Waals surface area contributed by atoms with Crippen LogP contribution in [0, 0.1) is 5.82 Å². The molecule has 8 heteroatoms. The summed E-state index contributed by atoms with van der Waals surface area (Å²) >= 11 is 6.85. The average molecular weight is 538 g/mol. The number of nitrogens with zero attached hydrogens (tertiary/aromatic N) is 1. The lowest BCUT2D eigenvalue weighted by atomic mass is 10.0. The zero-order valence-electron chi connectivity index (χ0n) is 20.2. The fourth-order valence-corrected chi connectivity index (χ4v) is 4.76. The Bertz CT molecular complexity index is 1340. The third-order valence-corrected chi connectivity index (χ3v) is 6.70. The van der Waals surface area contributed by atoms with Gasteiger partial charge in [0.2, 0.25) is 0 Å². The molecule has 1 aliphatic rings. The van der Waals surface area contributed by atoms with E-state index in [1.54, 1.807) is 42.5 Å². The Balaban J connectivity index is 1.60. The summed E-state index contributed by atoms with van der Waals surface area (Å²) < 4.78 is 25.3. The summed E-state index contributed by atoms with van der Waals surface area (Å²) in [6, 6.07) is 16.8. The van der Waals surface area contributed by atoms with Gasteiger partial charge in [0.15, 0.2) is 11.5 Å². The first-order chi connectivity index (χ1) is 17.9. The van der Waals surface area contributed by atoms with E-state index >= 15 is 0 Å². The summed E-state index contributed by atoms with van der Waals surface area (Å²) in [6.07, 6.45) is 3.96. The molecule has 0 atom stereocenters. The Kier molecular flexibility index (Phi) is 8.69. The molecular formula is C29H25ClFNO4S. The van der Waals surface area contributed by atoms with Crippen molar-refractivity contribution < 1.29 is 23.5 Å². The van der Waals surface area contributed by atoms with Gasteiger partial charge < -0.3 is 9.47 Å². The molecule has 2 amide bonds. The van der Waals surface area contributed by atoms with Gasteiger partial charge in [-0.1, -0.05) is 41.9 Å². The first-order valence-corrected chi connectivity index (χ1v) is 12.8. The maximum absolute atomic E-state index is 13.2. The fourth-order valence-electron chi connectivity index (χ4n) is 3.80. The molecular weight excluding hydrogens is 513 g/mol. The Hall–Kier alpha value is -3.55. The molecule has 3 aromatic rings. The minimum Gasteiger partial charge on any atom is -0.490 e. The van der Waals surface area contributed by atoms with Crippen LogP contribution in [0.1, 0.15) is 29.2 Å². The van der Waals surface area contributed by atoms with Crippen molar-refractivity contribution in [3.05, 3.63) is 111 Å². The van der Waals surface area contributed by atoms with Crippen molar-refractivity contribution in [2.45, 2.75) is 26.5 Å². The zero-order valence-corrected chi connectivity index (χ0v) is 21.8. The highest BCUT2D eigenvalue weighted by atomic mass is 35.5. The molecule has 1 fully saturated rings. The molecule has 1 heterocycles. The number of allylic oxidation sites excluding steroid dienone is 1. The summed E-state index contributed by atoms with van der Waals surface area (Å²) in [5.74, 6) is 0.357. The van der Waals surface area contributed by atoms with E-state index in [0.29, 0.717) is 52.2 Å². The largest absolute Gasteiger partial charge is 0.490 e. The molecule has 0 unspecified atom stereocenters. The molecule has 37 heavy (non-hydrogen) atoms. The van der Waals surface area contributed by atoms with Crippen molar-refractivity contribution in [1.82, 2.24) is 4.90 Å². The number of hydrogen-bond acceptors (Lipinski definition) is 5. The van der Waals surface area contributed by atoms with E-state index in [4.69, 9.17) is 21.1 Å². The second-order valence-electron chi connectivity index (χ2n) is 8.24. The molecule has 5 nitrogen and oxygen atoms in total. The van der Waals surface area contributed by atoms with E-state index in [-0.39, 0.29) is 17.6 Å². The zero-order chi connectivity index (χ0) is 26.4. The number of amides is 2. The number of halogens is 2. The van der Waals surface area contributed by atoms with Crippen LogP contribution < -0.4 is 9.47 Å². The van der Waals surface area contributed by atoms with Crippen molar-refractivity contribution in [1.29, 1.82) is 0 Å². The minimum absolute atomic E-state index is 0.0751. The first kappa shape index (κ1) is 26.5. The number of carbonyl (C=O) groups excluding carboxylic acids is 2. The summed E-state index contributed by atoms with van der Waals surface area (Å²) in [5, 5.41) is 0.275. The van der Waals surface area contributed by atoms with Crippen LogP contribution in [0.4, 0.5) is 9.18 Å². The van der Waals surface area contributed by atoms with Gasteiger partial charge in [0.05, 0.1) is 18.1 Å². The number of ether oxygens (including phenoxy) is 2. The first-order valence-electron chi connectivity index (χ1n) is 11.7. The maximum Gasteiger partial charge on any atom is 0.293 e. The van der Waals surface area contributed by atoms with Crippen LogP contribution in [-0.2, 0) is 24.4 Å². The van der Waals surface area contributed by atoms with Gasteiger partial charge in [0.1, 0.15) is 12.4 Å². The van der Waals surface area contributed by atoms with Crippen molar-refractivity contribution in [3.8, 4) is 11.5 Å². The van der Waals surface area contributed by atoms with Gasteiger partial charge in [0.25, 0.3) is 11.1 Å². The van der Waals surface area contributed by atoms with E-state index < -0.39 is 5.91 Å². The van der Waals surface area contributed by atoms with Crippen molar-refractivity contribution >= 4 is 40.6 Å². The highest BCUT2D eigenvalue weighted by Gasteiger charge is 2.35. The van der Waals surface area contributed by atoms with Gasteiger partial charge in [-0.15, -0.1) is 6.58 Å². The maximum atomic E-state index is 13.2. The lowest BCUT2D eigenvalue weighted by molar-refractivity contribution is -0.123. The average Bonchev–Trinajstić information content (AvgIpc) is 3.13. The Morgan fingerprint density at radius 2 is 1.73 bits per heavy atom. The Morgan fingerprint density at radius 3 is 2.41 bits per heavy atom. The fraction of sp³-hybridized carbons (Fsp3) is 0.172. The molecule has 0 bridgehead atoms. The number of imide groups is 1. The number of thioether (sulfide) groups is 1. The molecule has 0 spiro atoms. The predicted octanol–water partition coefficient (Wildman–Crippen LogP) is 7.42. The molecule has 1 saturated heterocycles. The molecule has 190 valence electrons. The standard InChI is InChI=1S/C29H25ClFNO4S/c1-3-5-22-14-21(15-25(35-4-2)27(22)36-18-20-6-10-23(30)11-7-20)16-26-28(33)32(29(34)37-26)17-19-8-12-24(31)13-9-19/h3,6-16H,1,4-5,17-18H2,2H3/b26-16-. The van der Waals surface area contributed by atoms with Gasteiger partial charge in [0, 0.05) is 10.6 Å². The second-order valence-corrected chi connectivity index (χ2v) is 9.67. The van der Waals surface area contributed by atoms with Crippen LogP contribution in [0.3, 0.4) is 0 Å². The van der Waals surface area contributed by atoms with Gasteiger partial charge in [-0.2, -0.15) is 0 Å². The lowest BCUT2D eigenvalue weighted by Gasteiger charge is -2.17. The summed E-state index contributed by atoms with van der Waals surface area (Å²) in [7, 11) is 0. The molecule has 0 N–H and O–H groups in total. The van der Waals surface area contributed by atoms with E-state index in [9.17, 15) is 14.0 Å². The quantitative estimate of drug-likeness (QED) is 0.199. The van der Waals surface area contributed by atoms with E-state index in [0.717, 1.165) is 27.8 Å². The molecule has 1 aliphatic heterocycles. The topological polar surface area (TPSA) is 55.8 Å². The second kappa shape index (κ2) is 12.1. The third-order valence-electron chi connectivity index (χ3n) is 5.54. The van der Waals surface area contributed by atoms with Gasteiger partial charge in [-0.3, -0.25) is 14.5 Å². The molecule has 0 aromatic heterocycles. The normalized spacial score (nSPS) is 14.4. The smallest absolute Gasteiger partial charge is 0.293 e. The predicted molar refractivity (Wildman–Crippen MR) is 145 cm³/mol. The van der Waals surface area contributed by atoms with Gasteiger partial charge >= 0.3 is 0 Å². The molecule has 0 radical (unpaired) electrons. The Labute approximate surface area is 224 Å². The summed E-state index contributed by atoms with van der Waals surface area (Å²) in [4.78, 5) is 27.1. The van der Waals surface area contributed by atoms with Gasteiger partial charge in [-0.05, 0) is 84.3 Å². The SMILES string of the molecule is C=CCc1cc(/C=C2\SC(=O)N(Cc3ccc(F)cc3)C2=O)cc(OCC)c1OCc1ccc(Cl)cc1. The minimum atomic E-state index is -0.398. The van der Waals surface area contributed by atoms with Crippen LogP contribution in [0.15, 0.2) is 78.2 Å². The highest BCUT2D eigenvalue weighted by molar-refractivity contribution is 8.18. The van der Waals surface area contributed by atoms with E-state index in [1.807, 2.05) is 25.1 Å². The van der Waals surface area contributed by atoms with Crippen LogP contribution >= 0.6 is 23.4 Å². The van der Waals surface area contributed by atoms with Gasteiger partial charge in [-0.25, -0.2) is 4.39 Å². The van der Waals surface area contributed by atoms with Crippen molar-refractivity contribution in [2.75, 3.05) is 6.61 Å². The van der Waals surface area contributed by atoms with Crippen LogP contribution in [0.25, 0.3) is 6.08 Å². The van der Waals surface area contributed by atoms with E-state index in [2.05, 4.69) is 6.58 Å². The summed E-state index contributed by atoms with van der Waals surface area (Å²) in [5.41, 5.74) is 3.16. The Morgan fingerprint density at radius 1 is 1.03 bits per heavy atom. The third kappa shape index (κ3) is 6.61. The molecule has 3 aromatic carbocycles. The lowest BCUT2D eigenvalue weighted by Crippen LogP contribution is -2.27.